The van der Waals surface area contributed by atoms with E-state index in [0.717, 1.165) is 25.1 Å². The van der Waals surface area contributed by atoms with Crippen LogP contribution in [0.15, 0.2) is 42.5 Å². The average molecular weight is 445 g/mol. The number of likely N-dealkylation sites (tertiary alicyclic amines) is 1. The Hall–Kier alpha value is -2.24. The zero-order valence-corrected chi connectivity index (χ0v) is 19.5. The Morgan fingerprint density at radius 3 is 2.39 bits per heavy atom. The lowest BCUT2D eigenvalue weighted by molar-refractivity contribution is 0.0725. The van der Waals surface area contributed by atoms with E-state index in [1.54, 1.807) is 32.4 Å². The zero-order valence-electron chi connectivity index (χ0n) is 18.8. The molecule has 1 unspecified atom stereocenters. The van der Waals surface area contributed by atoms with Crippen LogP contribution in [0.3, 0.4) is 0 Å². The Labute approximate surface area is 190 Å². The Balaban J connectivity index is 1.75. The molecule has 3 rings (SSSR count). The van der Waals surface area contributed by atoms with Gasteiger partial charge in [0.2, 0.25) is 0 Å². The van der Waals surface area contributed by atoms with Gasteiger partial charge in [0, 0.05) is 42.3 Å². The molecule has 1 amide bonds. The van der Waals surface area contributed by atoms with Gasteiger partial charge in [-0.25, -0.2) is 0 Å². The van der Waals surface area contributed by atoms with Crippen LogP contribution in [0.1, 0.15) is 48.5 Å². The van der Waals surface area contributed by atoms with E-state index in [-0.39, 0.29) is 5.91 Å². The fourth-order valence-corrected chi connectivity index (χ4v) is 4.26. The molecule has 31 heavy (non-hydrogen) atoms. The summed E-state index contributed by atoms with van der Waals surface area (Å²) >= 11 is 6.04. The number of halogens is 1. The van der Waals surface area contributed by atoms with Gasteiger partial charge in [0.25, 0.3) is 5.91 Å². The predicted molar refractivity (Wildman–Crippen MR) is 125 cm³/mol. The second-order valence-electron chi connectivity index (χ2n) is 8.19. The fourth-order valence-electron chi connectivity index (χ4n) is 4.13. The summed E-state index contributed by atoms with van der Waals surface area (Å²) in [4.78, 5) is 17.9. The summed E-state index contributed by atoms with van der Waals surface area (Å²) in [7, 11) is 3.18. The van der Waals surface area contributed by atoms with E-state index in [1.165, 1.54) is 19.3 Å². The fraction of sp³-hybridized carbons (Fsp3) is 0.480. The van der Waals surface area contributed by atoms with E-state index in [2.05, 4.69) is 11.8 Å². The topological polar surface area (TPSA) is 42.0 Å². The van der Waals surface area contributed by atoms with Crippen LogP contribution in [0.2, 0.25) is 5.02 Å². The highest BCUT2D eigenvalue weighted by Gasteiger charge is 2.21. The van der Waals surface area contributed by atoms with Crippen LogP contribution in [0.5, 0.6) is 11.5 Å². The molecule has 2 aromatic rings. The van der Waals surface area contributed by atoms with Crippen LogP contribution in [0.25, 0.3) is 0 Å². The number of amides is 1. The van der Waals surface area contributed by atoms with Crippen LogP contribution in [0.4, 0.5) is 0 Å². The molecule has 1 heterocycles. The predicted octanol–water partition coefficient (Wildman–Crippen LogP) is 5.26. The van der Waals surface area contributed by atoms with Gasteiger partial charge in [-0.1, -0.05) is 30.2 Å². The summed E-state index contributed by atoms with van der Waals surface area (Å²) in [5.74, 6) is 1.19. The summed E-state index contributed by atoms with van der Waals surface area (Å²) in [5, 5.41) is 0.693. The number of carbonyl (C=O) groups is 1. The highest BCUT2D eigenvalue weighted by molar-refractivity contribution is 6.30. The first-order valence-electron chi connectivity index (χ1n) is 11.0. The second-order valence-corrected chi connectivity index (χ2v) is 8.63. The summed E-state index contributed by atoms with van der Waals surface area (Å²) in [5.41, 5.74) is 1.62. The normalized spacial score (nSPS) is 16.7. The van der Waals surface area contributed by atoms with Gasteiger partial charge in [-0.3, -0.25) is 4.79 Å². The number of benzene rings is 2. The third-order valence-electron chi connectivity index (χ3n) is 5.99. The smallest absolute Gasteiger partial charge is 0.254 e. The number of nitrogens with zero attached hydrogens (tertiary/aromatic N) is 2. The molecule has 0 saturated carbocycles. The van der Waals surface area contributed by atoms with Crippen molar-refractivity contribution >= 4 is 17.5 Å². The van der Waals surface area contributed by atoms with Gasteiger partial charge in [0.1, 0.15) is 11.5 Å². The highest BCUT2D eigenvalue weighted by atomic mass is 35.5. The molecule has 1 aliphatic rings. The van der Waals surface area contributed by atoms with Crippen molar-refractivity contribution in [3.63, 3.8) is 0 Å². The molecular weight excluding hydrogens is 412 g/mol. The van der Waals surface area contributed by atoms with Crippen molar-refractivity contribution in [1.82, 2.24) is 9.80 Å². The van der Waals surface area contributed by atoms with Crippen LogP contribution in [-0.2, 0) is 6.54 Å². The Morgan fingerprint density at radius 2 is 1.77 bits per heavy atom. The lowest BCUT2D eigenvalue weighted by Gasteiger charge is -2.34. The van der Waals surface area contributed by atoms with Crippen molar-refractivity contribution in [2.45, 2.75) is 45.2 Å². The van der Waals surface area contributed by atoms with Gasteiger partial charge in [-0.15, -0.1) is 0 Å². The molecule has 1 atom stereocenters. The first-order chi connectivity index (χ1) is 15.0. The van der Waals surface area contributed by atoms with E-state index < -0.39 is 0 Å². The molecule has 0 aromatic heterocycles. The standard InChI is InChI=1S/C25H33ClN2O3/c1-19-7-4-5-12-27(19)13-6-14-28(18-20-8-10-22(26)11-9-20)25(29)21-15-23(30-2)17-24(16-21)31-3/h8-11,15-17,19H,4-7,12-14,18H2,1-3H3. The van der Waals surface area contributed by atoms with E-state index in [4.69, 9.17) is 21.1 Å². The molecule has 0 aliphatic carbocycles. The number of ether oxygens (including phenoxy) is 2. The zero-order chi connectivity index (χ0) is 22.2. The number of rotatable bonds is 9. The van der Waals surface area contributed by atoms with Crippen LogP contribution in [0, 0.1) is 0 Å². The van der Waals surface area contributed by atoms with Crippen molar-refractivity contribution in [1.29, 1.82) is 0 Å². The Bertz CT molecular complexity index is 834. The third kappa shape index (κ3) is 6.62. The summed E-state index contributed by atoms with van der Waals surface area (Å²) in [6, 6.07) is 13.6. The van der Waals surface area contributed by atoms with Crippen molar-refractivity contribution in [3.05, 3.63) is 58.6 Å². The number of piperidine rings is 1. The SMILES string of the molecule is COc1cc(OC)cc(C(=O)N(CCCN2CCCCC2C)Cc2ccc(Cl)cc2)c1. The molecule has 0 bridgehead atoms. The van der Waals surface area contributed by atoms with Crippen molar-refractivity contribution in [2.24, 2.45) is 0 Å². The number of carbonyl (C=O) groups excluding carboxylic acids is 1. The molecule has 5 nitrogen and oxygen atoms in total. The summed E-state index contributed by atoms with van der Waals surface area (Å²) < 4.78 is 10.7. The largest absolute Gasteiger partial charge is 0.497 e. The van der Waals surface area contributed by atoms with Crippen LogP contribution >= 0.6 is 11.6 Å². The minimum atomic E-state index is -0.0288. The van der Waals surface area contributed by atoms with E-state index >= 15 is 0 Å². The first kappa shape index (κ1) is 23.4. The van der Waals surface area contributed by atoms with Crippen molar-refractivity contribution < 1.29 is 14.3 Å². The van der Waals surface area contributed by atoms with E-state index in [0.29, 0.717) is 41.2 Å². The van der Waals surface area contributed by atoms with Crippen molar-refractivity contribution in [3.8, 4) is 11.5 Å². The molecular formula is C25H33ClN2O3. The quantitative estimate of drug-likeness (QED) is 0.528. The molecule has 6 heteroatoms. The molecule has 0 N–H and O–H groups in total. The first-order valence-corrected chi connectivity index (χ1v) is 11.4. The molecule has 2 aromatic carbocycles. The monoisotopic (exact) mass is 444 g/mol. The van der Waals surface area contributed by atoms with Gasteiger partial charge in [-0.05, 0) is 62.6 Å². The van der Waals surface area contributed by atoms with Crippen molar-refractivity contribution in [2.75, 3.05) is 33.9 Å². The average Bonchev–Trinajstić information content (AvgIpc) is 2.80. The van der Waals surface area contributed by atoms with E-state index in [1.807, 2.05) is 29.2 Å². The van der Waals surface area contributed by atoms with Gasteiger partial charge in [0.15, 0.2) is 0 Å². The molecule has 0 spiro atoms. The van der Waals surface area contributed by atoms with Gasteiger partial charge in [0.05, 0.1) is 14.2 Å². The second kappa shape index (κ2) is 11.4. The summed E-state index contributed by atoms with van der Waals surface area (Å²) in [6.07, 6.45) is 4.78. The minimum Gasteiger partial charge on any atom is -0.497 e. The maximum absolute atomic E-state index is 13.5. The Kier molecular flexibility index (Phi) is 8.61. The van der Waals surface area contributed by atoms with Gasteiger partial charge >= 0.3 is 0 Å². The van der Waals surface area contributed by atoms with Gasteiger partial charge < -0.3 is 19.3 Å². The molecule has 1 aliphatic heterocycles. The molecule has 0 radical (unpaired) electrons. The molecule has 1 fully saturated rings. The van der Waals surface area contributed by atoms with Crippen LogP contribution in [-0.4, -0.2) is 55.6 Å². The lowest BCUT2D eigenvalue weighted by atomic mass is 10.0. The maximum Gasteiger partial charge on any atom is 0.254 e. The van der Waals surface area contributed by atoms with Crippen LogP contribution < -0.4 is 9.47 Å². The summed E-state index contributed by atoms with van der Waals surface area (Å²) in [6.45, 7) is 5.68. The number of hydrogen-bond acceptors (Lipinski definition) is 4. The Morgan fingerprint density at radius 1 is 1.10 bits per heavy atom. The molecule has 1 saturated heterocycles. The number of methoxy groups -OCH3 is 2. The molecule has 168 valence electrons. The third-order valence-corrected chi connectivity index (χ3v) is 6.24. The van der Waals surface area contributed by atoms with E-state index in [9.17, 15) is 4.79 Å². The highest BCUT2D eigenvalue weighted by Crippen LogP contribution is 2.24. The number of hydrogen-bond donors (Lipinski definition) is 0. The lowest BCUT2D eigenvalue weighted by Crippen LogP contribution is -2.40. The van der Waals surface area contributed by atoms with Gasteiger partial charge in [-0.2, -0.15) is 0 Å². The minimum absolute atomic E-state index is 0.0288. The maximum atomic E-state index is 13.5.